The molecule has 162 valence electrons. The van der Waals surface area contributed by atoms with E-state index in [1.54, 1.807) is 26.1 Å². The van der Waals surface area contributed by atoms with E-state index in [1.807, 2.05) is 13.8 Å². The summed E-state index contributed by atoms with van der Waals surface area (Å²) in [5.74, 6) is -0.0616. The van der Waals surface area contributed by atoms with Crippen LogP contribution in [0, 0.1) is 6.92 Å². The summed E-state index contributed by atoms with van der Waals surface area (Å²) in [5, 5.41) is 11.6. The molecule has 0 aliphatic carbocycles. The first kappa shape index (κ1) is 24.8. The van der Waals surface area contributed by atoms with E-state index in [0.29, 0.717) is 29.6 Å². The number of halogens is 1. The van der Waals surface area contributed by atoms with E-state index in [0.717, 1.165) is 4.90 Å². The molecule has 30 heavy (non-hydrogen) atoms. The number of pyridine rings is 1. The number of carbonyl (C=O) groups excluding carboxylic acids is 2. The van der Waals surface area contributed by atoms with Crippen LogP contribution < -0.4 is 5.32 Å². The fourth-order valence-electron chi connectivity index (χ4n) is 2.18. The van der Waals surface area contributed by atoms with Gasteiger partial charge in [0, 0.05) is 38.7 Å². The minimum Gasteiger partial charge on any atom is -0.465 e. The fourth-order valence-corrected chi connectivity index (χ4v) is 2.29. The van der Waals surface area contributed by atoms with Gasteiger partial charge in [0.15, 0.2) is 0 Å². The van der Waals surface area contributed by atoms with E-state index >= 15 is 0 Å². The molecule has 3 rings (SSSR count). The molecule has 1 saturated heterocycles. The minimum absolute atomic E-state index is 0.00810. The maximum atomic E-state index is 11.8. The van der Waals surface area contributed by atoms with Crippen LogP contribution in [0.3, 0.4) is 0 Å². The van der Waals surface area contributed by atoms with Gasteiger partial charge in [-0.2, -0.15) is 0 Å². The van der Waals surface area contributed by atoms with Gasteiger partial charge < -0.3 is 15.3 Å². The van der Waals surface area contributed by atoms with E-state index < -0.39 is 6.09 Å². The minimum atomic E-state index is -1.02. The molecule has 3 heterocycles. The molecule has 10 nitrogen and oxygen atoms in total. The molecule has 2 aromatic heterocycles. The Morgan fingerprint density at radius 3 is 2.33 bits per heavy atom. The van der Waals surface area contributed by atoms with Gasteiger partial charge in [-0.15, -0.1) is 0 Å². The van der Waals surface area contributed by atoms with Crippen LogP contribution in [0.25, 0.3) is 0 Å². The molecule has 1 fully saturated rings. The summed E-state index contributed by atoms with van der Waals surface area (Å²) in [5.41, 5.74) is 0.850. The van der Waals surface area contributed by atoms with Gasteiger partial charge in [0.25, 0.3) is 5.91 Å². The molecule has 11 heteroatoms. The zero-order chi connectivity index (χ0) is 22.7. The first-order valence-corrected chi connectivity index (χ1v) is 9.58. The average molecular weight is 437 g/mol. The van der Waals surface area contributed by atoms with Crippen molar-refractivity contribution in [1.82, 2.24) is 24.8 Å². The van der Waals surface area contributed by atoms with Crippen LogP contribution in [0.5, 0.6) is 0 Å². The predicted octanol–water partition coefficient (Wildman–Crippen LogP) is 2.55. The van der Waals surface area contributed by atoms with Crippen molar-refractivity contribution >= 4 is 35.3 Å². The van der Waals surface area contributed by atoms with Crippen LogP contribution in [-0.4, -0.2) is 74.4 Å². The topological polar surface area (TPSA) is 129 Å². The highest BCUT2D eigenvalue weighted by Crippen LogP contribution is 2.11. The molecule has 0 bridgehead atoms. The van der Waals surface area contributed by atoms with Gasteiger partial charge >= 0.3 is 6.09 Å². The molecule has 0 spiro atoms. The van der Waals surface area contributed by atoms with Gasteiger partial charge in [-0.25, -0.2) is 14.8 Å². The summed E-state index contributed by atoms with van der Waals surface area (Å²) in [7, 11) is 1.67. The highest BCUT2D eigenvalue weighted by Gasteiger charge is 2.23. The number of piperazine rings is 1. The summed E-state index contributed by atoms with van der Waals surface area (Å²) in [6.45, 7) is 6.62. The number of hydrogen-bond donors (Lipinski definition) is 2. The highest BCUT2D eigenvalue weighted by molar-refractivity contribution is 6.30. The first-order valence-electron chi connectivity index (χ1n) is 9.20. The van der Waals surface area contributed by atoms with Crippen molar-refractivity contribution in [2.24, 2.45) is 0 Å². The Morgan fingerprint density at radius 2 is 1.80 bits per heavy atom. The smallest absolute Gasteiger partial charge is 0.407 e. The van der Waals surface area contributed by atoms with Crippen LogP contribution >= 0.6 is 11.6 Å². The maximum absolute atomic E-state index is 11.8. The zero-order valence-electron chi connectivity index (χ0n) is 17.3. The molecule has 3 amide bonds. The lowest BCUT2D eigenvalue weighted by Crippen LogP contribution is -2.50. The van der Waals surface area contributed by atoms with Crippen molar-refractivity contribution in [2.75, 3.05) is 32.0 Å². The second kappa shape index (κ2) is 12.3. The molecule has 1 aliphatic heterocycles. The lowest BCUT2D eigenvalue weighted by molar-refractivity contribution is -0.133. The number of hydrogen-bond acceptors (Lipinski definition) is 6. The summed E-state index contributed by atoms with van der Waals surface area (Å²) < 4.78 is 0. The van der Waals surface area contributed by atoms with E-state index in [1.165, 1.54) is 23.5 Å². The van der Waals surface area contributed by atoms with Crippen LogP contribution in [0.2, 0.25) is 5.02 Å². The standard InChI is InChI=1S/C11H9ClN4O.C6H10N2O3.C2H6/c1-7-10(14-5-4-13-7)11(17)16-9-3-2-8(12)6-15-9;1-7-2-3-8(6(10)11)4-5(7)9;1-2/h2-6H,1H3,(H,15,16,17);2-4H2,1H3,(H,10,11);1-2H3. The monoisotopic (exact) mass is 436 g/mol. The molecule has 0 atom stereocenters. The number of nitrogens with zero attached hydrogens (tertiary/aromatic N) is 5. The zero-order valence-corrected chi connectivity index (χ0v) is 18.0. The molecule has 2 aromatic rings. The van der Waals surface area contributed by atoms with E-state index in [9.17, 15) is 14.4 Å². The largest absolute Gasteiger partial charge is 0.465 e. The van der Waals surface area contributed by atoms with Gasteiger partial charge in [-0.1, -0.05) is 25.4 Å². The molecule has 1 aliphatic rings. The van der Waals surface area contributed by atoms with Gasteiger partial charge in [0.05, 0.1) is 10.7 Å². The molecule has 0 radical (unpaired) electrons. The summed E-state index contributed by atoms with van der Waals surface area (Å²) in [4.78, 5) is 47.7. The number of aromatic nitrogens is 3. The molecule has 0 aromatic carbocycles. The van der Waals surface area contributed by atoms with Crippen molar-refractivity contribution in [2.45, 2.75) is 20.8 Å². The van der Waals surface area contributed by atoms with E-state index in [2.05, 4.69) is 20.3 Å². The van der Waals surface area contributed by atoms with E-state index in [-0.39, 0.29) is 24.1 Å². The van der Waals surface area contributed by atoms with Gasteiger partial charge in [-0.05, 0) is 19.1 Å². The predicted molar refractivity (Wildman–Crippen MR) is 113 cm³/mol. The first-order chi connectivity index (χ1) is 14.3. The Kier molecular flexibility index (Phi) is 10.2. The van der Waals surface area contributed by atoms with Crippen LogP contribution in [0.4, 0.5) is 10.6 Å². The third-order valence-corrected chi connectivity index (χ3v) is 4.02. The molecular weight excluding hydrogens is 412 g/mol. The van der Waals surface area contributed by atoms with Crippen molar-refractivity contribution in [3.05, 3.63) is 47.1 Å². The lowest BCUT2D eigenvalue weighted by atomic mass is 10.3. The quantitative estimate of drug-likeness (QED) is 0.739. The number of rotatable bonds is 2. The lowest BCUT2D eigenvalue weighted by Gasteiger charge is -2.29. The third kappa shape index (κ3) is 7.63. The highest BCUT2D eigenvalue weighted by atomic mass is 35.5. The Hall–Kier alpha value is -3.27. The number of aryl methyl sites for hydroxylation is 1. The van der Waals surface area contributed by atoms with Crippen molar-refractivity contribution in [3.63, 3.8) is 0 Å². The summed E-state index contributed by atoms with van der Waals surface area (Å²) >= 11 is 5.69. The fraction of sp³-hybridized carbons (Fsp3) is 0.368. The molecule has 0 saturated carbocycles. The van der Waals surface area contributed by atoms with Gasteiger partial charge in [-0.3, -0.25) is 19.5 Å². The Balaban J connectivity index is 0.000000300. The molecular formula is C19H25ClN6O4. The Morgan fingerprint density at radius 1 is 1.13 bits per heavy atom. The Labute approximate surface area is 179 Å². The van der Waals surface area contributed by atoms with Crippen molar-refractivity contribution < 1.29 is 19.5 Å². The number of carboxylic acid groups (broad SMARTS) is 1. The van der Waals surface area contributed by atoms with Crippen molar-refractivity contribution in [1.29, 1.82) is 0 Å². The van der Waals surface area contributed by atoms with Crippen LogP contribution in [0.1, 0.15) is 30.0 Å². The number of nitrogens with one attached hydrogen (secondary N) is 1. The Bertz CT molecular complexity index is 862. The second-order valence-corrected chi connectivity index (χ2v) is 6.26. The van der Waals surface area contributed by atoms with Gasteiger partial charge in [0.1, 0.15) is 18.1 Å². The summed E-state index contributed by atoms with van der Waals surface area (Å²) in [6.07, 6.45) is 3.44. The van der Waals surface area contributed by atoms with Crippen molar-refractivity contribution in [3.8, 4) is 0 Å². The molecule has 2 N–H and O–H groups in total. The normalized spacial score (nSPS) is 12.8. The van der Waals surface area contributed by atoms with Crippen LogP contribution in [0.15, 0.2) is 30.7 Å². The SMILES string of the molecule is CC.CN1CCN(C(=O)O)CC1=O.Cc1nccnc1C(=O)Nc1ccc(Cl)cn1. The average Bonchev–Trinajstić information content (AvgIpc) is 2.74. The maximum Gasteiger partial charge on any atom is 0.407 e. The molecule has 0 unspecified atom stereocenters. The van der Waals surface area contributed by atoms with Crippen LogP contribution in [-0.2, 0) is 4.79 Å². The summed E-state index contributed by atoms with van der Waals surface area (Å²) in [6, 6.07) is 3.26. The van der Waals surface area contributed by atoms with E-state index in [4.69, 9.17) is 16.7 Å². The number of amides is 3. The number of carbonyl (C=O) groups is 3. The second-order valence-electron chi connectivity index (χ2n) is 5.83. The number of anilines is 1. The number of likely N-dealkylation sites (N-methyl/N-ethyl adjacent to an activating group) is 1. The third-order valence-electron chi connectivity index (χ3n) is 3.79. The van der Waals surface area contributed by atoms with Gasteiger partial charge in [0.2, 0.25) is 5.91 Å².